The number of carbonyl (C=O) groups is 3. The molecule has 1 fully saturated rings. The summed E-state index contributed by atoms with van der Waals surface area (Å²) < 4.78 is 10.6. The summed E-state index contributed by atoms with van der Waals surface area (Å²) in [5, 5.41) is 2.85. The van der Waals surface area contributed by atoms with Gasteiger partial charge in [0.2, 0.25) is 11.8 Å². The molecular formula is C28H38N4O5. The molecule has 2 aromatic rings. The molecule has 0 aliphatic carbocycles. The topological polar surface area (TPSA) is 111 Å². The zero-order valence-corrected chi connectivity index (χ0v) is 21.9. The lowest BCUT2D eigenvalue weighted by atomic mass is 9.92. The van der Waals surface area contributed by atoms with Crippen molar-refractivity contribution >= 4 is 17.8 Å². The number of hydrogen-bond acceptors (Lipinski definition) is 7. The number of nitrogens with one attached hydrogen (secondary N) is 1. The zero-order chi connectivity index (χ0) is 26.5. The van der Waals surface area contributed by atoms with Crippen molar-refractivity contribution in [3.63, 3.8) is 0 Å². The molecule has 1 unspecified atom stereocenters. The lowest BCUT2D eigenvalue weighted by molar-refractivity contribution is -0.145. The number of benzene rings is 1. The van der Waals surface area contributed by atoms with Crippen LogP contribution < -0.4 is 10.1 Å². The van der Waals surface area contributed by atoms with Crippen LogP contribution in [0, 0.1) is 5.92 Å². The van der Waals surface area contributed by atoms with Gasteiger partial charge in [0, 0.05) is 50.9 Å². The van der Waals surface area contributed by atoms with Gasteiger partial charge in [0.1, 0.15) is 11.8 Å². The smallest absolute Gasteiger partial charge is 0.328 e. The van der Waals surface area contributed by atoms with Crippen molar-refractivity contribution in [2.75, 3.05) is 26.8 Å². The van der Waals surface area contributed by atoms with Crippen LogP contribution in [0.4, 0.5) is 0 Å². The Hall–Kier alpha value is -3.49. The molecule has 2 heterocycles. The molecule has 9 heteroatoms. The second-order valence-corrected chi connectivity index (χ2v) is 9.42. The van der Waals surface area contributed by atoms with Gasteiger partial charge in [-0.25, -0.2) is 4.79 Å². The molecule has 3 rings (SSSR count). The number of piperidine rings is 1. The van der Waals surface area contributed by atoms with E-state index in [1.807, 2.05) is 29.2 Å². The van der Waals surface area contributed by atoms with Crippen molar-refractivity contribution in [3.8, 4) is 5.75 Å². The van der Waals surface area contributed by atoms with E-state index in [4.69, 9.17) is 9.47 Å². The maximum atomic E-state index is 12.8. The molecule has 1 aromatic heterocycles. The highest BCUT2D eigenvalue weighted by atomic mass is 16.5. The van der Waals surface area contributed by atoms with E-state index in [0.29, 0.717) is 45.4 Å². The number of rotatable bonds is 13. The Kier molecular flexibility index (Phi) is 11.3. The van der Waals surface area contributed by atoms with Crippen LogP contribution in [0.25, 0.3) is 0 Å². The minimum Gasteiger partial charge on any atom is -0.494 e. The first-order valence-electron chi connectivity index (χ1n) is 13.1. The first kappa shape index (κ1) is 28.1. The molecule has 37 heavy (non-hydrogen) atoms. The zero-order valence-electron chi connectivity index (χ0n) is 21.9. The highest BCUT2D eigenvalue weighted by molar-refractivity contribution is 5.84. The molecule has 1 aliphatic heterocycles. The minimum atomic E-state index is -0.757. The van der Waals surface area contributed by atoms with E-state index in [0.717, 1.165) is 42.7 Å². The van der Waals surface area contributed by atoms with Gasteiger partial charge < -0.3 is 19.7 Å². The number of amides is 2. The molecule has 200 valence electrons. The molecule has 1 saturated heterocycles. The normalized spacial score (nSPS) is 14.6. The first-order valence-corrected chi connectivity index (χ1v) is 13.1. The summed E-state index contributed by atoms with van der Waals surface area (Å²) in [4.78, 5) is 47.8. The summed E-state index contributed by atoms with van der Waals surface area (Å²) in [7, 11) is 1.32. The molecule has 0 radical (unpaired) electrons. The van der Waals surface area contributed by atoms with Gasteiger partial charge in [0.15, 0.2) is 0 Å². The van der Waals surface area contributed by atoms with Gasteiger partial charge in [0.25, 0.3) is 0 Å². The largest absolute Gasteiger partial charge is 0.494 e. The van der Waals surface area contributed by atoms with Crippen LogP contribution in [-0.2, 0) is 32.0 Å². The fraction of sp³-hybridized carbons (Fsp3) is 0.536. The van der Waals surface area contributed by atoms with Gasteiger partial charge in [-0.1, -0.05) is 25.5 Å². The number of carbonyl (C=O) groups excluding carboxylic acids is 3. The van der Waals surface area contributed by atoms with Crippen molar-refractivity contribution in [2.24, 2.45) is 5.92 Å². The van der Waals surface area contributed by atoms with E-state index in [9.17, 15) is 14.4 Å². The van der Waals surface area contributed by atoms with Crippen molar-refractivity contribution in [2.45, 2.75) is 64.3 Å². The fourth-order valence-corrected chi connectivity index (χ4v) is 4.38. The third-order valence-electron chi connectivity index (χ3n) is 6.60. The summed E-state index contributed by atoms with van der Waals surface area (Å²) in [6.07, 6.45) is 10.1. The number of methoxy groups -OCH3 is 1. The third kappa shape index (κ3) is 9.48. The van der Waals surface area contributed by atoms with Gasteiger partial charge in [0.05, 0.1) is 19.4 Å². The van der Waals surface area contributed by atoms with Crippen LogP contribution in [0.1, 0.15) is 56.7 Å². The molecule has 0 bridgehead atoms. The standard InChI is InChI=1S/C28H38N4O5/c1-3-4-17-37-24-8-5-21(6-9-24)18-25(28(35)36-2)31-26(33)19-22-11-15-32(16-12-22)27(34)10-7-23-20-29-13-14-30-23/h5-6,8-9,13-14,20,22,25H,3-4,7,10-12,15-19H2,1-2H3,(H,31,33). The molecule has 9 nitrogen and oxygen atoms in total. The van der Waals surface area contributed by atoms with Crippen LogP contribution in [0.3, 0.4) is 0 Å². The molecular weight excluding hydrogens is 472 g/mol. The van der Waals surface area contributed by atoms with Crippen molar-refractivity contribution in [3.05, 3.63) is 54.1 Å². The highest BCUT2D eigenvalue weighted by Gasteiger charge is 2.27. The number of unbranched alkanes of at least 4 members (excludes halogenated alkanes) is 1. The first-order chi connectivity index (χ1) is 18.0. The summed E-state index contributed by atoms with van der Waals surface area (Å²) in [5.41, 5.74) is 1.71. The molecule has 1 atom stereocenters. The second kappa shape index (κ2) is 14.9. The number of likely N-dealkylation sites (tertiary alicyclic amines) is 1. The van der Waals surface area contributed by atoms with Gasteiger partial charge >= 0.3 is 5.97 Å². The van der Waals surface area contributed by atoms with E-state index in [2.05, 4.69) is 22.2 Å². The number of hydrogen-bond donors (Lipinski definition) is 1. The van der Waals surface area contributed by atoms with Crippen LogP contribution >= 0.6 is 0 Å². The minimum absolute atomic E-state index is 0.0982. The number of aromatic nitrogens is 2. The number of aryl methyl sites for hydroxylation is 1. The molecule has 0 saturated carbocycles. The summed E-state index contributed by atoms with van der Waals surface area (Å²) in [5.74, 6) is 0.403. The van der Waals surface area contributed by atoms with Gasteiger partial charge in [-0.15, -0.1) is 0 Å². The van der Waals surface area contributed by atoms with Crippen molar-refractivity contribution < 1.29 is 23.9 Å². The molecule has 1 N–H and O–H groups in total. The van der Waals surface area contributed by atoms with E-state index >= 15 is 0 Å². The maximum Gasteiger partial charge on any atom is 0.328 e. The van der Waals surface area contributed by atoms with Gasteiger partial charge in [-0.3, -0.25) is 19.6 Å². The molecule has 1 aliphatic rings. The van der Waals surface area contributed by atoms with Gasteiger partial charge in [-0.2, -0.15) is 0 Å². The number of ether oxygens (including phenoxy) is 2. The Bertz CT molecular complexity index is 991. The van der Waals surface area contributed by atoms with Crippen LogP contribution in [-0.4, -0.2) is 65.5 Å². The maximum absolute atomic E-state index is 12.8. The Labute approximate surface area is 219 Å². The predicted molar refractivity (Wildman–Crippen MR) is 139 cm³/mol. The molecule has 0 spiro atoms. The SMILES string of the molecule is CCCCOc1ccc(CC(NC(=O)CC2CCN(C(=O)CCc3cnccn3)CC2)C(=O)OC)cc1. The van der Waals surface area contributed by atoms with E-state index in [1.165, 1.54) is 7.11 Å². The quantitative estimate of drug-likeness (QED) is 0.326. The summed E-state index contributed by atoms with van der Waals surface area (Å²) in [6, 6.07) is 6.81. The van der Waals surface area contributed by atoms with E-state index in [1.54, 1.807) is 18.6 Å². The monoisotopic (exact) mass is 510 g/mol. The molecule has 1 aromatic carbocycles. The number of esters is 1. The fourth-order valence-electron chi connectivity index (χ4n) is 4.38. The average molecular weight is 511 g/mol. The lowest BCUT2D eigenvalue weighted by Gasteiger charge is -2.32. The molecule has 2 amide bonds. The Morgan fingerprint density at radius 1 is 1.14 bits per heavy atom. The number of nitrogens with zero attached hydrogens (tertiary/aromatic N) is 3. The second-order valence-electron chi connectivity index (χ2n) is 9.42. The lowest BCUT2D eigenvalue weighted by Crippen LogP contribution is -2.44. The summed E-state index contributed by atoms with van der Waals surface area (Å²) >= 11 is 0. The van der Waals surface area contributed by atoms with Crippen molar-refractivity contribution in [1.29, 1.82) is 0 Å². The van der Waals surface area contributed by atoms with E-state index in [-0.39, 0.29) is 17.7 Å². The predicted octanol–water partition coefficient (Wildman–Crippen LogP) is 3.12. The van der Waals surface area contributed by atoms with Crippen molar-refractivity contribution in [1.82, 2.24) is 20.2 Å². The Morgan fingerprint density at radius 3 is 2.54 bits per heavy atom. The van der Waals surface area contributed by atoms with Crippen LogP contribution in [0.2, 0.25) is 0 Å². The average Bonchev–Trinajstić information content (AvgIpc) is 2.93. The Balaban J connectivity index is 1.43. The van der Waals surface area contributed by atoms with E-state index < -0.39 is 12.0 Å². The van der Waals surface area contributed by atoms with Crippen LogP contribution in [0.5, 0.6) is 5.75 Å². The summed E-state index contributed by atoms with van der Waals surface area (Å²) in [6.45, 7) is 4.05. The van der Waals surface area contributed by atoms with Gasteiger partial charge in [-0.05, 0) is 49.3 Å². The highest BCUT2D eigenvalue weighted by Crippen LogP contribution is 2.22. The Morgan fingerprint density at radius 2 is 1.89 bits per heavy atom. The van der Waals surface area contributed by atoms with Crippen LogP contribution in [0.15, 0.2) is 42.9 Å². The third-order valence-corrected chi connectivity index (χ3v) is 6.60.